The maximum Gasteiger partial charge on any atom is 0.221 e. The molecule has 0 saturated carbocycles. The van der Waals surface area contributed by atoms with Gasteiger partial charge in [0, 0.05) is 16.7 Å². The fourth-order valence-electron chi connectivity index (χ4n) is 2.33. The number of nitrogens with zero attached hydrogens (tertiary/aromatic N) is 3. The van der Waals surface area contributed by atoms with E-state index in [2.05, 4.69) is 10.1 Å². The highest BCUT2D eigenvalue weighted by molar-refractivity contribution is 6.30. The summed E-state index contributed by atoms with van der Waals surface area (Å²) in [6, 6.07) is 8.19. The number of anilines is 1. The summed E-state index contributed by atoms with van der Waals surface area (Å²) < 4.78 is 33.7. The highest BCUT2D eigenvalue weighted by Gasteiger charge is 2.07. The lowest BCUT2D eigenvalue weighted by molar-refractivity contribution is 0.304. The number of benzene rings is 2. The lowest BCUT2D eigenvalue weighted by atomic mass is 10.2. The zero-order valence-corrected chi connectivity index (χ0v) is 14.5. The molecule has 1 heterocycles. The third-order valence-electron chi connectivity index (χ3n) is 3.44. The Morgan fingerprint density at radius 3 is 2.62 bits per heavy atom. The first kappa shape index (κ1) is 17.9. The van der Waals surface area contributed by atoms with Crippen molar-refractivity contribution in [2.75, 3.05) is 5.73 Å². The van der Waals surface area contributed by atoms with E-state index in [1.54, 1.807) is 31.3 Å². The van der Waals surface area contributed by atoms with Crippen LogP contribution < -0.4 is 10.5 Å². The van der Waals surface area contributed by atoms with Gasteiger partial charge in [-0.25, -0.2) is 18.4 Å². The second kappa shape index (κ2) is 7.53. The number of rotatable bonds is 5. The number of aryl methyl sites for hydroxylation is 1. The fraction of sp³-hybridized carbons (Fsp3) is 0.111. The molecule has 5 nitrogen and oxygen atoms in total. The lowest BCUT2D eigenvalue weighted by Crippen LogP contribution is -2.01. The molecule has 0 saturated heterocycles. The average Bonchev–Trinajstić information content (AvgIpc) is 2.88. The third-order valence-corrected chi connectivity index (χ3v) is 3.68. The molecule has 0 bridgehead atoms. The first-order valence-corrected chi connectivity index (χ1v) is 8.01. The van der Waals surface area contributed by atoms with Crippen molar-refractivity contribution in [3.05, 3.63) is 76.1 Å². The molecule has 1 aromatic heterocycles. The summed E-state index contributed by atoms with van der Waals surface area (Å²) in [5, 5.41) is 4.72. The van der Waals surface area contributed by atoms with Crippen LogP contribution in [-0.4, -0.2) is 15.9 Å². The van der Waals surface area contributed by atoms with Gasteiger partial charge in [-0.2, -0.15) is 5.10 Å². The highest BCUT2D eigenvalue weighted by atomic mass is 35.5. The predicted octanol–water partition coefficient (Wildman–Crippen LogP) is 4.17. The summed E-state index contributed by atoms with van der Waals surface area (Å²) in [5.41, 5.74) is 7.43. The second-order valence-electron chi connectivity index (χ2n) is 5.58. The molecule has 2 N–H and O–H groups in total. The van der Waals surface area contributed by atoms with Crippen LogP contribution >= 0.6 is 11.6 Å². The van der Waals surface area contributed by atoms with Gasteiger partial charge in [0.2, 0.25) is 5.95 Å². The molecular formula is C18H15ClF2N4O. The molecule has 0 atom stereocenters. The quantitative estimate of drug-likeness (QED) is 0.680. The van der Waals surface area contributed by atoms with E-state index in [0.717, 1.165) is 11.8 Å². The van der Waals surface area contributed by atoms with Gasteiger partial charge in [0.05, 0.1) is 18.1 Å². The van der Waals surface area contributed by atoms with Gasteiger partial charge in [-0.15, -0.1) is 0 Å². The van der Waals surface area contributed by atoms with Gasteiger partial charge in [-0.05, 0) is 42.8 Å². The first-order chi connectivity index (χ1) is 12.4. The average molecular weight is 377 g/mol. The smallest absolute Gasteiger partial charge is 0.221 e. The number of imidazole rings is 1. The Morgan fingerprint density at radius 1 is 1.23 bits per heavy atom. The molecule has 0 aliphatic heterocycles. The number of nitrogen functional groups attached to an aromatic ring is 1. The van der Waals surface area contributed by atoms with Crippen molar-refractivity contribution in [3.8, 4) is 5.75 Å². The summed E-state index contributed by atoms with van der Waals surface area (Å²) >= 11 is 6.03. The number of nitrogens with two attached hydrogens (primary N) is 1. The Hall–Kier alpha value is -2.93. The molecule has 8 heteroatoms. The molecule has 134 valence electrons. The van der Waals surface area contributed by atoms with Crippen molar-refractivity contribution in [2.45, 2.75) is 13.5 Å². The van der Waals surface area contributed by atoms with Gasteiger partial charge in [0.1, 0.15) is 24.0 Å². The van der Waals surface area contributed by atoms with Crippen molar-refractivity contribution in [3.63, 3.8) is 0 Å². The summed E-state index contributed by atoms with van der Waals surface area (Å²) in [4.78, 5) is 4.05. The van der Waals surface area contributed by atoms with Crippen LogP contribution in [0.4, 0.5) is 14.7 Å². The molecule has 0 aliphatic rings. The highest BCUT2D eigenvalue weighted by Crippen LogP contribution is 2.23. The molecule has 0 radical (unpaired) electrons. The molecule has 3 rings (SSSR count). The van der Waals surface area contributed by atoms with Gasteiger partial charge in [0.25, 0.3) is 0 Å². The van der Waals surface area contributed by atoms with E-state index in [0.29, 0.717) is 21.9 Å². The van der Waals surface area contributed by atoms with Crippen LogP contribution in [0.15, 0.2) is 47.7 Å². The van der Waals surface area contributed by atoms with Crippen LogP contribution in [0.5, 0.6) is 5.75 Å². The van der Waals surface area contributed by atoms with E-state index in [1.165, 1.54) is 23.0 Å². The maximum absolute atomic E-state index is 13.3. The number of halogens is 3. The van der Waals surface area contributed by atoms with Crippen molar-refractivity contribution >= 4 is 23.8 Å². The molecule has 0 spiro atoms. The number of aromatic nitrogens is 2. The maximum atomic E-state index is 13.3. The first-order valence-electron chi connectivity index (χ1n) is 7.64. The van der Waals surface area contributed by atoms with Crippen LogP contribution in [0.2, 0.25) is 5.02 Å². The SMILES string of the molecule is Cc1cn(N=Cc2cc(Cl)ccc2OCc2cc(F)cc(F)c2)c(N)n1. The predicted molar refractivity (Wildman–Crippen MR) is 96.5 cm³/mol. The number of ether oxygens (including phenoxy) is 1. The molecular weight excluding hydrogens is 362 g/mol. The van der Waals surface area contributed by atoms with Gasteiger partial charge in [-0.3, -0.25) is 0 Å². The second-order valence-corrected chi connectivity index (χ2v) is 6.01. The van der Waals surface area contributed by atoms with E-state index >= 15 is 0 Å². The van der Waals surface area contributed by atoms with Crippen LogP contribution in [0.1, 0.15) is 16.8 Å². The summed E-state index contributed by atoms with van der Waals surface area (Å²) in [6.07, 6.45) is 3.19. The standard InChI is InChI=1S/C18H15ClF2N4O/c1-11-9-25(18(22)24-11)23-8-13-6-14(19)2-3-17(13)26-10-12-4-15(20)7-16(21)5-12/h2-9H,10H2,1H3,(H2,22,24). The van der Waals surface area contributed by atoms with Crippen LogP contribution in [0, 0.1) is 18.6 Å². The van der Waals surface area contributed by atoms with E-state index in [4.69, 9.17) is 22.1 Å². The normalized spacial score (nSPS) is 11.2. The monoisotopic (exact) mass is 376 g/mol. The molecule has 26 heavy (non-hydrogen) atoms. The van der Waals surface area contributed by atoms with E-state index in [1.807, 2.05) is 0 Å². The summed E-state index contributed by atoms with van der Waals surface area (Å²) in [5.74, 6) is -0.614. The van der Waals surface area contributed by atoms with Gasteiger partial charge in [-0.1, -0.05) is 11.6 Å². The van der Waals surface area contributed by atoms with Gasteiger partial charge in [0.15, 0.2) is 0 Å². The fourth-order valence-corrected chi connectivity index (χ4v) is 2.51. The number of hydrogen-bond acceptors (Lipinski definition) is 4. The Bertz CT molecular complexity index is 952. The van der Waals surface area contributed by atoms with E-state index < -0.39 is 11.6 Å². The molecule has 0 unspecified atom stereocenters. The lowest BCUT2D eigenvalue weighted by Gasteiger charge is -2.10. The molecule has 3 aromatic rings. The zero-order valence-electron chi connectivity index (χ0n) is 13.8. The zero-order chi connectivity index (χ0) is 18.7. The van der Waals surface area contributed by atoms with Crippen LogP contribution in [-0.2, 0) is 6.61 Å². The van der Waals surface area contributed by atoms with Crippen molar-refractivity contribution in [2.24, 2.45) is 5.10 Å². The van der Waals surface area contributed by atoms with Crippen molar-refractivity contribution < 1.29 is 13.5 Å². The van der Waals surface area contributed by atoms with Crippen molar-refractivity contribution in [1.82, 2.24) is 9.66 Å². The Labute approximate surface area is 153 Å². The summed E-state index contributed by atoms with van der Waals surface area (Å²) in [6.45, 7) is 1.79. The largest absolute Gasteiger partial charge is 0.488 e. The van der Waals surface area contributed by atoms with Crippen LogP contribution in [0.25, 0.3) is 0 Å². The third kappa shape index (κ3) is 4.37. The van der Waals surface area contributed by atoms with Gasteiger partial charge < -0.3 is 10.5 Å². The van der Waals surface area contributed by atoms with Crippen LogP contribution in [0.3, 0.4) is 0 Å². The Kier molecular flexibility index (Phi) is 5.18. The number of hydrogen-bond donors (Lipinski definition) is 1. The molecule has 2 aromatic carbocycles. The topological polar surface area (TPSA) is 65.4 Å². The van der Waals surface area contributed by atoms with Crippen molar-refractivity contribution in [1.29, 1.82) is 0 Å². The molecule has 0 fully saturated rings. The molecule has 0 amide bonds. The minimum absolute atomic E-state index is 0.0104. The summed E-state index contributed by atoms with van der Waals surface area (Å²) in [7, 11) is 0. The van der Waals surface area contributed by atoms with Gasteiger partial charge >= 0.3 is 0 Å². The minimum Gasteiger partial charge on any atom is -0.488 e. The van der Waals surface area contributed by atoms with E-state index in [-0.39, 0.29) is 12.6 Å². The minimum atomic E-state index is -0.660. The Balaban J connectivity index is 1.82. The Morgan fingerprint density at radius 2 is 1.96 bits per heavy atom. The molecule has 0 aliphatic carbocycles. The van der Waals surface area contributed by atoms with E-state index in [9.17, 15) is 8.78 Å².